The molecule has 3 rings (SSSR count). The van der Waals surface area contributed by atoms with E-state index in [1.165, 1.54) is 0 Å². The van der Waals surface area contributed by atoms with Gasteiger partial charge in [0.1, 0.15) is 11.5 Å². The van der Waals surface area contributed by atoms with Crippen LogP contribution in [0.15, 0.2) is 66.6 Å². The number of anilines is 2. The summed E-state index contributed by atoms with van der Waals surface area (Å²) in [5.74, 6) is 0.953. The second-order valence-electron chi connectivity index (χ2n) is 5.16. The van der Waals surface area contributed by atoms with Gasteiger partial charge in [0, 0.05) is 37.6 Å². The zero-order valence-electron chi connectivity index (χ0n) is 12.6. The van der Waals surface area contributed by atoms with Gasteiger partial charge in [-0.25, -0.2) is 4.98 Å². The lowest BCUT2D eigenvalue weighted by molar-refractivity contribution is -0.115. The number of carbonyl (C=O) groups excluding carboxylic acids is 1. The molecule has 0 saturated carbocycles. The zero-order valence-corrected chi connectivity index (χ0v) is 12.6. The summed E-state index contributed by atoms with van der Waals surface area (Å²) in [6.07, 6.45) is 4.18. The minimum absolute atomic E-state index is 0.131. The lowest BCUT2D eigenvalue weighted by Crippen LogP contribution is -2.41. The summed E-state index contributed by atoms with van der Waals surface area (Å²) in [7, 11) is 0. The van der Waals surface area contributed by atoms with Crippen molar-refractivity contribution in [1.29, 1.82) is 0 Å². The maximum atomic E-state index is 12.4. The monoisotopic (exact) mass is 293 g/mol. The second kappa shape index (κ2) is 6.43. The number of ketones is 1. The van der Waals surface area contributed by atoms with E-state index in [1.54, 1.807) is 6.20 Å². The van der Waals surface area contributed by atoms with Crippen LogP contribution in [0, 0.1) is 0 Å². The number of benzene rings is 1. The van der Waals surface area contributed by atoms with Gasteiger partial charge in [0.05, 0.1) is 0 Å². The van der Waals surface area contributed by atoms with Gasteiger partial charge in [-0.15, -0.1) is 0 Å². The van der Waals surface area contributed by atoms with Crippen molar-refractivity contribution in [3.05, 3.63) is 66.6 Å². The Morgan fingerprint density at radius 2 is 1.86 bits per heavy atom. The molecule has 1 aliphatic heterocycles. The molecule has 0 radical (unpaired) electrons. The molecule has 0 fully saturated rings. The van der Waals surface area contributed by atoms with E-state index in [4.69, 9.17) is 0 Å². The Morgan fingerprint density at radius 3 is 2.55 bits per heavy atom. The largest absolute Gasteiger partial charge is 0.344 e. The number of hydrogen-bond donors (Lipinski definition) is 0. The molecule has 2 aromatic rings. The highest BCUT2D eigenvalue weighted by Gasteiger charge is 2.24. The van der Waals surface area contributed by atoms with Crippen LogP contribution in [0.2, 0.25) is 0 Å². The van der Waals surface area contributed by atoms with E-state index in [2.05, 4.69) is 22.0 Å². The molecule has 0 atom stereocenters. The first-order valence-electron chi connectivity index (χ1n) is 7.55. The molecule has 0 N–H and O–H groups in total. The fourth-order valence-corrected chi connectivity index (χ4v) is 2.59. The minimum atomic E-state index is 0.131. The van der Waals surface area contributed by atoms with Crippen molar-refractivity contribution in [2.24, 2.45) is 0 Å². The molecule has 1 aromatic heterocycles. The first-order valence-corrected chi connectivity index (χ1v) is 7.55. The van der Waals surface area contributed by atoms with Crippen LogP contribution in [0.25, 0.3) is 0 Å². The van der Waals surface area contributed by atoms with Crippen LogP contribution in [-0.2, 0) is 4.79 Å². The first-order chi connectivity index (χ1) is 10.8. The normalized spacial score (nSPS) is 14.7. The van der Waals surface area contributed by atoms with E-state index in [-0.39, 0.29) is 5.78 Å². The van der Waals surface area contributed by atoms with Crippen LogP contribution < -0.4 is 9.80 Å². The molecule has 2 heterocycles. The number of hydrogen-bond acceptors (Lipinski definition) is 4. The third-order valence-electron chi connectivity index (χ3n) is 3.75. The van der Waals surface area contributed by atoms with Crippen LogP contribution in [-0.4, -0.2) is 23.9 Å². The fourth-order valence-electron chi connectivity index (χ4n) is 2.59. The molecule has 112 valence electrons. The molecule has 0 saturated heterocycles. The van der Waals surface area contributed by atoms with E-state index in [0.717, 1.165) is 24.6 Å². The standard InChI is InChI=1S/C18H19N3O/c1-2-17(22)16-14-20(15-8-4-3-5-9-15)12-13-21(16)18-10-6-7-11-19-18/h3-11,14H,2,12-13H2,1H3. The van der Waals surface area contributed by atoms with Crippen molar-refractivity contribution in [3.8, 4) is 0 Å². The summed E-state index contributed by atoms with van der Waals surface area (Å²) < 4.78 is 0. The molecule has 4 nitrogen and oxygen atoms in total. The Bertz CT molecular complexity index is 667. The molecule has 0 unspecified atom stereocenters. The van der Waals surface area contributed by atoms with Crippen LogP contribution in [0.1, 0.15) is 13.3 Å². The average Bonchev–Trinajstić information content (AvgIpc) is 2.62. The molecule has 22 heavy (non-hydrogen) atoms. The number of carbonyl (C=O) groups is 1. The van der Waals surface area contributed by atoms with Gasteiger partial charge in [-0.05, 0) is 24.3 Å². The molecule has 1 aliphatic rings. The smallest absolute Gasteiger partial charge is 0.180 e. The fraction of sp³-hybridized carbons (Fsp3) is 0.222. The topological polar surface area (TPSA) is 36.4 Å². The Kier molecular flexibility index (Phi) is 4.19. The van der Waals surface area contributed by atoms with Crippen molar-refractivity contribution in [1.82, 2.24) is 4.98 Å². The summed E-state index contributed by atoms with van der Waals surface area (Å²) in [4.78, 5) is 20.9. The zero-order chi connectivity index (χ0) is 15.4. The second-order valence-corrected chi connectivity index (χ2v) is 5.16. The number of pyridine rings is 1. The highest BCUT2D eigenvalue weighted by molar-refractivity contribution is 5.99. The highest BCUT2D eigenvalue weighted by atomic mass is 16.1. The van der Waals surface area contributed by atoms with Gasteiger partial charge < -0.3 is 9.80 Å². The van der Waals surface area contributed by atoms with Gasteiger partial charge in [0.2, 0.25) is 0 Å². The van der Waals surface area contributed by atoms with Crippen molar-refractivity contribution in [3.63, 3.8) is 0 Å². The number of nitrogens with zero attached hydrogens (tertiary/aromatic N) is 3. The maximum absolute atomic E-state index is 12.4. The Morgan fingerprint density at radius 1 is 1.09 bits per heavy atom. The van der Waals surface area contributed by atoms with Gasteiger partial charge in [-0.3, -0.25) is 4.79 Å². The summed E-state index contributed by atoms with van der Waals surface area (Å²) >= 11 is 0. The van der Waals surface area contributed by atoms with Gasteiger partial charge in [-0.2, -0.15) is 0 Å². The number of aromatic nitrogens is 1. The molecular weight excluding hydrogens is 274 g/mol. The van der Waals surface area contributed by atoms with Crippen molar-refractivity contribution in [2.75, 3.05) is 22.9 Å². The third-order valence-corrected chi connectivity index (χ3v) is 3.75. The van der Waals surface area contributed by atoms with Gasteiger partial charge in [-0.1, -0.05) is 31.2 Å². The first kappa shape index (κ1) is 14.3. The Balaban J connectivity index is 1.96. The van der Waals surface area contributed by atoms with Crippen LogP contribution in [0.3, 0.4) is 0 Å². The molecule has 0 spiro atoms. The quantitative estimate of drug-likeness (QED) is 0.867. The molecular formula is C18H19N3O. The van der Waals surface area contributed by atoms with E-state index in [9.17, 15) is 4.79 Å². The predicted octanol–water partition coefficient (Wildman–Crippen LogP) is 3.23. The SMILES string of the molecule is CCC(=O)C1=CN(c2ccccc2)CCN1c1ccccn1. The van der Waals surface area contributed by atoms with Gasteiger partial charge >= 0.3 is 0 Å². The predicted molar refractivity (Wildman–Crippen MR) is 88.8 cm³/mol. The van der Waals surface area contributed by atoms with Gasteiger partial charge in [0.25, 0.3) is 0 Å². The van der Waals surface area contributed by atoms with Gasteiger partial charge in [0.15, 0.2) is 5.78 Å². The third kappa shape index (κ3) is 2.86. The molecule has 0 amide bonds. The van der Waals surface area contributed by atoms with E-state index < -0.39 is 0 Å². The van der Waals surface area contributed by atoms with E-state index in [0.29, 0.717) is 12.1 Å². The number of para-hydroxylation sites is 1. The molecule has 4 heteroatoms. The van der Waals surface area contributed by atoms with E-state index >= 15 is 0 Å². The van der Waals surface area contributed by atoms with Crippen molar-refractivity contribution < 1.29 is 4.79 Å². The highest BCUT2D eigenvalue weighted by Crippen LogP contribution is 2.25. The van der Waals surface area contributed by atoms with Crippen molar-refractivity contribution >= 4 is 17.3 Å². The van der Waals surface area contributed by atoms with E-state index in [1.807, 2.05) is 54.4 Å². The number of rotatable bonds is 4. The Hall–Kier alpha value is -2.62. The lowest BCUT2D eigenvalue weighted by atomic mass is 10.1. The molecule has 0 aliphatic carbocycles. The number of allylic oxidation sites excluding steroid dienone is 1. The van der Waals surface area contributed by atoms with Crippen LogP contribution in [0.5, 0.6) is 0 Å². The minimum Gasteiger partial charge on any atom is -0.344 e. The van der Waals surface area contributed by atoms with Crippen LogP contribution >= 0.6 is 0 Å². The number of Topliss-reactive ketones (excluding diaryl/α,β-unsaturated/α-hetero) is 1. The Labute approximate surface area is 130 Å². The van der Waals surface area contributed by atoms with Crippen molar-refractivity contribution in [2.45, 2.75) is 13.3 Å². The maximum Gasteiger partial charge on any atom is 0.180 e. The van der Waals surface area contributed by atoms with Crippen LogP contribution in [0.4, 0.5) is 11.5 Å². The summed E-state index contributed by atoms with van der Waals surface area (Å²) in [5.41, 5.74) is 1.81. The molecule has 1 aromatic carbocycles. The summed E-state index contributed by atoms with van der Waals surface area (Å²) in [5, 5.41) is 0. The summed E-state index contributed by atoms with van der Waals surface area (Å²) in [6.45, 7) is 3.45. The lowest BCUT2D eigenvalue weighted by Gasteiger charge is -2.35. The summed E-state index contributed by atoms with van der Waals surface area (Å²) in [6, 6.07) is 15.9. The molecule has 0 bridgehead atoms. The average molecular weight is 293 g/mol.